The monoisotopic (exact) mass is 240 g/mol. The first-order chi connectivity index (χ1) is 8.70. The fraction of sp³-hybridized carbons (Fsp3) is 0.286. The Kier molecular flexibility index (Phi) is 2.44. The number of para-hydroxylation sites is 2. The Labute approximate surface area is 106 Å². The Balaban J connectivity index is 2.24. The van der Waals surface area contributed by atoms with Crippen molar-refractivity contribution in [3.05, 3.63) is 35.8 Å². The van der Waals surface area contributed by atoms with Crippen LogP contribution in [-0.2, 0) is 13.5 Å². The van der Waals surface area contributed by atoms with Crippen LogP contribution in [0, 0.1) is 6.92 Å². The first kappa shape index (κ1) is 11.0. The van der Waals surface area contributed by atoms with E-state index in [-0.39, 0.29) is 0 Å². The number of H-pyrrole nitrogens is 1. The number of imidazole rings is 2. The number of aromatic nitrogens is 4. The van der Waals surface area contributed by atoms with Gasteiger partial charge in [0.05, 0.1) is 11.0 Å². The van der Waals surface area contributed by atoms with Crippen LogP contribution in [0.3, 0.4) is 0 Å². The molecule has 1 N–H and O–H groups in total. The molecule has 0 amide bonds. The quantitative estimate of drug-likeness (QED) is 0.748. The molecule has 0 saturated heterocycles. The molecule has 0 spiro atoms. The number of aromatic amines is 1. The van der Waals surface area contributed by atoms with Gasteiger partial charge in [0.1, 0.15) is 11.5 Å². The van der Waals surface area contributed by atoms with E-state index in [0.717, 1.165) is 40.5 Å². The van der Waals surface area contributed by atoms with Crippen LogP contribution in [0.5, 0.6) is 0 Å². The van der Waals surface area contributed by atoms with E-state index in [4.69, 9.17) is 0 Å². The van der Waals surface area contributed by atoms with Crippen LogP contribution in [0.15, 0.2) is 24.3 Å². The van der Waals surface area contributed by atoms with Crippen molar-refractivity contribution in [1.29, 1.82) is 0 Å². The van der Waals surface area contributed by atoms with Crippen LogP contribution >= 0.6 is 0 Å². The summed E-state index contributed by atoms with van der Waals surface area (Å²) in [6.45, 7) is 4.14. The maximum atomic E-state index is 4.67. The van der Waals surface area contributed by atoms with E-state index in [1.807, 2.05) is 32.2 Å². The van der Waals surface area contributed by atoms with E-state index in [2.05, 4.69) is 32.5 Å². The fourth-order valence-corrected chi connectivity index (χ4v) is 2.26. The fourth-order valence-electron chi connectivity index (χ4n) is 2.26. The minimum atomic E-state index is 0.908. The average Bonchev–Trinajstić information content (AvgIpc) is 2.91. The third-order valence-corrected chi connectivity index (χ3v) is 3.27. The van der Waals surface area contributed by atoms with Gasteiger partial charge in [0, 0.05) is 19.2 Å². The molecule has 0 aliphatic carbocycles. The van der Waals surface area contributed by atoms with E-state index >= 15 is 0 Å². The second-order valence-corrected chi connectivity index (χ2v) is 4.49. The lowest BCUT2D eigenvalue weighted by Crippen LogP contribution is -1.94. The highest BCUT2D eigenvalue weighted by molar-refractivity contribution is 5.80. The minimum Gasteiger partial charge on any atom is -0.345 e. The van der Waals surface area contributed by atoms with Crippen molar-refractivity contribution >= 4 is 11.0 Å². The zero-order chi connectivity index (χ0) is 12.7. The third-order valence-electron chi connectivity index (χ3n) is 3.27. The molecule has 0 radical (unpaired) electrons. The zero-order valence-corrected chi connectivity index (χ0v) is 10.9. The highest BCUT2D eigenvalue weighted by Crippen LogP contribution is 2.24. The van der Waals surface area contributed by atoms with Crippen LogP contribution in [0.4, 0.5) is 0 Å². The van der Waals surface area contributed by atoms with E-state index in [1.54, 1.807) is 0 Å². The second-order valence-electron chi connectivity index (χ2n) is 4.49. The maximum absolute atomic E-state index is 4.67. The summed E-state index contributed by atoms with van der Waals surface area (Å²) >= 11 is 0. The van der Waals surface area contributed by atoms with Gasteiger partial charge in [0.25, 0.3) is 0 Å². The number of nitrogens with zero attached hydrogens (tertiary/aromatic N) is 3. The molecule has 0 aliphatic rings. The molecule has 3 rings (SSSR count). The first-order valence-corrected chi connectivity index (χ1v) is 6.18. The number of aryl methyl sites for hydroxylation is 3. The van der Waals surface area contributed by atoms with Crippen molar-refractivity contribution in [2.24, 2.45) is 7.05 Å². The Morgan fingerprint density at radius 2 is 2.00 bits per heavy atom. The molecule has 92 valence electrons. The van der Waals surface area contributed by atoms with Gasteiger partial charge in [-0.2, -0.15) is 0 Å². The van der Waals surface area contributed by atoms with Gasteiger partial charge >= 0.3 is 0 Å². The largest absolute Gasteiger partial charge is 0.345 e. The molecule has 2 heterocycles. The smallest absolute Gasteiger partial charge is 0.161 e. The third kappa shape index (κ3) is 1.53. The van der Waals surface area contributed by atoms with Gasteiger partial charge in [0.2, 0.25) is 0 Å². The van der Waals surface area contributed by atoms with Crippen molar-refractivity contribution in [2.45, 2.75) is 20.3 Å². The lowest BCUT2D eigenvalue weighted by atomic mass is 10.3. The number of rotatable bonds is 2. The Morgan fingerprint density at radius 3 is 2.67 bits per heavy atom. The van der Waals surface area contributed by atoms with E-state index in [0.29, 0.717) is 0 Å². The predicted molar refractivity (Wildman–Crippen MR) is 72.4 cm³/mol. The molecule has 0 bridgehead atoms. The summed E-state index contributed by atoms with van der Waals surface area (Å²) in [6.07, 6.45) is 0.908. The Bertz CT molecular complexity index is 706. The van der Waals surface area contributed by atoms with Gasteiger partial charge in [-0.15, -0.1) is 0 Å². The van der Waals surface area contributed by atoms with Gasteiger partial charge in [-0.05, 0) is 19.1 Å². The highest BCUT2D eigenvalue weighted by atomic mass is 15.1. The molecule has 0 unspecified atom stereocenters. The molecule has 0 atom stereocenters. The summed E-state index contributed by atoms with van der Waals surface area (Å²) in [5.41, 5.74) is 4.17. The minimum absolute atomic E-state index is 0.908. The van der Waals surface area contributed by atoms with Crippen LogP contribution in [0.1, 0.15) is 18.4 Å². The highest BCUT2D eigenvalue weighted by Gasteiger charge is 2.15. The lowest BCUT2D eigenvalue weighted by molar-refractivity contribution is 0.944. The lowest BCUT2D eigenvalue weighted by Gasteiger charge is -1.99. The van der Waals surface area contributed by atoms with Crippen molar-refractivity contribution in [3.8, 4) is 11.5 Å². The molecule has 1 aromatic carbocycles. The number of hydrogen-bond donors (Lipinski definition) is 1. The van der Waals surface area contributed by atoms with Crippen LogP contribution < -0.4 is 0 Å². The average molecular weight is 240 g/mol. The van der Waals surface area contributed by atoms with Gasteiger partial charge in [-0.3, -0.25) is 0 Å². The number of hydrogen-bond acceptors (Lipinski definition) is 2. The molecule has 0 saturated carbocycles. The number of nitrogens with one attached hydrogen (secondary N) is 1. The standard InChI is InChI=1S/C14H16N4/c1-4-12-15-9(2)13(17-12)14-16-10-7-5-6-8-11(10)18(14)3/h5-8H,4H2,1-3H3,(H,15,17). The molecule has 3 aromatic rings. The summed E-state index contributed by atoms with van der Waals surface area (Å²) < 4.78 is 2.10. The summed E-state index contributed by atoms with van der Waals surface area (Å²) in [5, 5.41) is 0. The maximum Gasteiger partial charge on any atom is 0.161 e. The number of benzene rings is 1. The van der Waals surface area contributed by atoms with Gasteiger partial charge < -0.3 is 9.55 Å². The van der Waals surface area contributed by atoms with Crippen LogP contribution in [-0.4, -0.2) is 19.5 Å². The molecule has 18 heavy (non-hydrogen) atoms. The number of fused-ring (bicyclic) bond motifs is 1. The molecule has 2 aromatic heterocycles. The normalized spacial score (nSPS) is 11.3. The van der Waals surface area contributed by atoms with Gasteiger partial charge in [-0.25, -0.2) is 9.97 Å². The topological polar surface area (TPSA) is 46.5 Å². The van der Waals surface area contributed by atoms with Crippen molar-refractivity contribution in [1.82, 2.24) is 19.5 Å². The van der Waals surface area contributed by atoms with E-state index in [1.165, 1.54) is 0 Å². The molecular formula is C14H16N4. The Morgan fingerprint density at radius 1 is 1.22 bits per heavy atom. The molecule has 4 heteroatoms. The summed E-state index contributed by atoms with van der Waals surface area (Å²) in [5.74, 6) is 1.93. The van der Waals surface area contributed by atoms with E-state index in [9.17, 15) is 0 Å². The summed E-state index contributed by atoms with van der Waals surface area (Å²) in [4.78, 5) is 12.6. The Hall–Kier alpha value is -2.10. The SMILES string of the molecule is CCc1nc(-c2nc3ccccc3n2C)c(C)[nH]1. The van der Waals surface area contributed by atoms with Crippen LogP contribution in [0.2, 0.25) is 0 Å². The second kappa shape index (κ2) is 3.98. The van der Waals surface area contributed by atoms with Crippen LogP contribution in [0.25, 0.3) is 22.6 Å². The molecule has 4 nitrogen and oxygen atoms in total. The first-order valence-electron chi connectivity index (χ1n) is 6.18. The van der Waals surface area contributed by atoms with Crippen molar-refractivity contribution in [2.75, 3.05) is 0 Å². The summed E-state index contributed by atoms with van der Waals surface area (Å²) in [6, 6.07) is 8.15. The van der Waals surface area contributed by atoms with Crippen molar-refractivity contribution < 1.29 is 0 Å². The van der Waals surface area contributed by atoms with Crippen molar-refractivity contribution in [3.63, 3.8) is 0 Å². The van der Waals surface area contributed by atoms with Gasteiger partial charge in [0.15, 0.2) is 5.82 Å². The molecular weight excluding hydrogens is 224 g/mol. The zero-order valence-electron chi connectivity index (χ0n) is 10.9. The van der Waals surface area contributed by atoms with E-state index < -0.39 is 0 Å². The van der Waals surface area contributed by atoms with Gasteiger partial charge in [-0.1, -0.05) is 19.1 Å². The summed E-state index contributed by atoms with van der Waals surface area (Å²) in [7, 11) is 2.03. The molecule has 0 fully saturated rings. The molecule has 0 aliphatic heterocycles. The predicted octanol–water partition coefficient (Wildman–Crippen LogP) is 2.83.